The summed E-state index contributed by atoms with van der Waals surface area (Å²) in [5.74, 6) is 1.25. The molecule has 0 spiro atoms. The van der Waals surface area contributed by atoms with Crippen molar-refractivity contribution in [2.24, 2.45) is 5.92 Å². The Morgan fingerprint density at radius 3 is 2.67 bits per heavy atom. The van der Waals surface area contributed by atoms with Gasteiger partial charge in [0.15, 0.2) is 0 Å². The van der Waals surface area contributed by atoms with Gasteiger partial charge in [-0.25, -0.2) is 9.97 Å². The molecule has 1 aliphatic rings. The number of aromatic nitrogens is 2. The minimum Gasteiger partial charge on any atom is -0.317 e. The van der Waals surface area contributed by atoms with Gasteiger partial charge in [0.1, 0.15) is 0 Å². The maximum atomic E-state index is 11.9. The number of piperidine rings is 1. The monoisotopic (exact) mass is 225 g/mol. The van der Waals surface area contributed by atoms with E-state index >= 15 is 0 Å². The van der Waals surface area contributed by atoms with E-state index in [-0.39, 0.29) is 0 Å². The van der Waals surface area contributed by atoms with E-state index in [1.807, 2.05) is 0 Å². The Hall–Kier alpha value is -0.810. The van der Waals surface area contributed by atoms with E-state index in [4.69, 9.17) is 0 Å². The van der Waals surface area contributed by atoms with Gasteiger partial charge in [-0.15, -0.1) is 0 Å². The Kier molecular flexibility index (Phi) is 3.80. The van der Waals surface area contributed by atoms with Crippen molar-refractivity contribution < 1.29 is 4.21 Å². The zero-order chi connectivity index (χ0) is 10.5. The van der Waals surface area contributed by atoms with Crippen LogP contribution in [0.1, 0.15) is 12.8 Å². The molecule has 82 valence electrons. The van der Waals surface area contributed by atoms with Crippen LogP contribution in [0, 0.1) is 5.92 Å². The van der Waals surface area contributed by atoms with Crippen LogP contribution in [-0.4, -0.2) is 33.0 Å². The molecular weight excluding hydrogens is 210 g/mol. The average Bonchev–Trinajstić information content (AvgIpc) is 2.31. The third-order valence-electron chi connectivity index (χ3n) is 2.59. The number of hydrogen-bond acceptors (Lipinski definition) is 4. The SMILES string of the molecule is O=S(CC1CCNCC1)c1ncccn1. The van der Waals surface area contributed by atoms with E-state index in [9.17, 15) is 4.21 Å². The summed E-state index contributed by atoms with van der Waals surface area (Å²) in [4.78, 5) is 8.03. The summed E-state index contributed by atoms with van der Waals surface area (Å²) in [6.07, 6.45) is 5.50. The van der Waals surface area contributed by atoms with E-state index in [0.29, 0.717) is 16.8 Å². The van der Waals surface area contributed by atoms with Gasteiger partial charge in [-0.3, -0.25) is 4.21 Å². The highest BCUT2D eigenvalue weighted by Gasteiger charge is 2.17. The lowest BCUT2D eigenvalue weighted by Gasteiger charge is -2.21. The highest BCUT2D eigenvalue weighted by Crippen LogP contribution is 2.14. The molecule has 1 saturated heterocycles. The van der Waals surface area contributed by atoms with E-state index in [2.05, 4.69) is 15.3 Å². The molecule has 1 aromatic rings. The maximum absolute atomic E-state index is 11.9. The fraction of sp³-hybridized carbons (Fsp3) is 0.600. The van der Waals surface area contributed by atoms with Crippen molar-refractivity contribution in [1.82, 2.24) is 15.3 Å². The predicted octanol–water partition coefficient (Wildman–Crippen LogP) is 0.584. The average molecular weight is 225 g/mol. The van der Waals surface area contributed by atoms with Crippen LogP contribution in [0.2, 0.25) is 0 Å². The molecule has 1 aromatic heterocycles. The molecule has 4 nitrogen and oxygen atoms in total. The molecule has 5 heteroatoms. The number of nitrogens with zero attached hydrogens (tertiary/aromatic N) is 2. The quantitative estimate of drug-likeness (QED) is 0.765. The summed E-state index contributed by atoms with van der Waals surface area (Å²) < 4.78 is 11.9. The molecular formula is C10H15N3OS. The summed E-state index contributed by atoms with van der Waals surface area (Å²) >= 11 is 0. The highest BCUT2D eigenvalue weighted by molar-refractivity contribution is 7.84. The van der Waals surface area contributed by atoms with Gasteiger partial charge >= 0.3 is 0 Å². The first kappa shape index (κ1) is 10.7. The molecule has 1 N–H and O–H groups in total. The molecule has 0 saturated carbocycles. The Morgan fingerprint density at radius 1 is 1.33 bits per heavy atom. The van der Waals surface area contributed by atoms with Gasteiger partial charge in [-0.1, -0.05) is 0 Å². The largest absolute Gasteiger partial charge is 0.317 e. The zero-order valence-electron chi connectivity index (χ0n) is 8.56. The van der Waals surface area contributed by atoms with Crippen molar-refractivity contribution in [3.05, 3.63) is 18.5 Å². The third-order valence-corrected chi connectivity index (χ3v) is 3.98. The Labute approximate surface area is 92.0 Å². The fourth-order valence-corrected chi connectivity index (χ4v) is 3.01. The lowest BCUT2D eigenvalue weighted by Crippen LogP contribution is -2.30. The van der Waals surface area contributed by atoms with Crippen molar-refractivity contribution in [2.45, 2.75) is 18.0 Å². The fourth-order valence-electron chi connectivity index (χ4n) is 1.74. The molecule has 1 atom stereocenters. The minimum atomic E-state index is -1.03. The number of hydrogen-bond donors (Lipinski definition) is 1. The lowest BCUT2D eigenvalue weighted by atomic mass is 10.0. The molecule has 0 radical (unpaired) electrons. The standard InChI is InChI=1S/C10H15N3OS/c14-15(10-12-4-1-5-13-10)8-9-2-6-11-7-3-9/h1,4-5,9,11H,2-3,6-8H2. The van der Waals surface area contributed by atoms with Gasteiger partial charge < -0.3 is 5.32 Å². The topological polar surface area (TPSA) is 54.9 Å². The van der Waals surface area contributed by atoms with Gasteiger partial charge in [0.2, 0.25) is 5.16 Å². The first-order valence-corrected chi connectivity index (χ1v) is 6.54. The van der Waals surface area contributed by atoms with E-state index in [1.54, 1.807) is 18.5 Å². The van der Waals surface area contributed by atoms with Crippen molar-refractivity contribution in [1.29, 1.82) is 0 Å². The van der Waals surface area contributed by atoms with Crippen molar-refractivity contribution in [3.63, 3.8) is 0 Å². The molecule has 15 heavy (non-hydrogen) atoms. The molecule has 2 heterocycles. The molecule has 0 aromatic carbocycles. The summed E-state index contributed by atoms with van der Waals surface area (Å²) in [6, 6.07) is 1.74. The summed E-state index contributed by atoms with van der Waals surface area (Å²) in [5.41, 5.74) is 0. The van der Waals surface area contributed by atoms with Crippen LogP contribution in [0.3, 0.4) is 0 Å². The smallest absolute Gasteiger partial charge is 0.218 e. The van der Waals surface area contributed by atoms with Crippen LogP contribution in [0.15, 0.2) is 23.6 Å². The second-order valence-corrected chi connectivity index (χ2v) is 5.13. The third kappa shape index (κ3) is 3.07. The zero-order valence-corrected chi connectivity index (χ0v) is 9.37. The molecule has 0 bridgehead atoms. The van der Waals surface area contributed by atoms with Crippen molar-refractivity contribution in [3.8, 4) is 0 Å². The lowest BCUT2D eigenvalue weighted by molar-refractivity contribution is 0.405. The van der Waals surface area contributed by atoms with Crippen LogP contribution < -0.4 is 5.32 Å². The normalized spacial score (nSPS) is 20.0. The Morgan fingerprint density at radius 2 is 2.00 bits per heavy atom. The van der Waals surface area contributed by atoms with Gasteiger partial charge in [-0.05, 0) is 37.9 Å². The second kappa shape index (κ2) is 5.32. The van der Waals surface area contributed by atoms with Crippen molar-refractivity contribution in [2.75, 3.05) is 18.8 Å². The minimum absolute atomic E-state index is 0.469. The van der Waals surface area contributed by atoms with Crippen LogP contribution in [0.4, 0.5) is 0 Å². The highest BCUT2D eigenvalue weighted by atomic mass is 32.2. The van der Waals surface area contributed by atoms with E-state index in [1.165, 1.54) is 0 Å². The molecule has 1 aliphatic heterocycles. The molecule has 1 fully saturated rings. The molecule has 0 amide bonds. The van der Waals surface area contributed by atoms with E-state index < -0.39 is 10.8 Å². The summed E-state index contributed by atoms with van der Waals surface area (Å²) in [7, 11) is -1.03. The van der Waals surface area contributed by atoms with Crippen LogP contribution in [-0.2, 0) is 10.8 Å². The maximum Gasteiger partial charge on any atom is 0.218 e. The summed E-state index contributed by atoms with van der Waals surface area (Å²) in [6.45, 7) is 2.08. The van der Waals surface area contributed by atoms with Gasteiger partial charge in [0.25, 0.3) is 0 Å². The molecule has 1 unspecified atom stereocenters. The van der Waals surface area contributed by atoms with Crippen LogP contribution in [0.25, 0.3) is 0 Å². The first-order valence-electron chi connectivity index (χ1n) is 5.22. The first-order chi connectivity index (χ1) is 7.36. The molecule has 2 rings (SSSR count). The Balaban J connectivity index is 1.91. The molecule has 0 aliphatic carbocycles. The van der Waals surface area contributed by atoms with Crippen molar-refractivity contribution >= 4 is 10.8 Å². The summed E-state index contributed by atoms with van der Waals surface area (Å²) in [5, 5.41) is 3.77. The van der Waals surface area contributed by atoms with Crippen LogP contribution >= 0.6 is 0 Å². The van der Waals surface area contributed by atoms with Gasteiger partial charge in [0.05, 0.1) is 10.8 Å². The van der Waals surface area contributed by atoms with E-state index in [0.717, 1.165) is 25.9 Å². The predicted molar refractivity (Wildman–Crippen MR) is 58.9 cm³/mol. The number of rotatable bonds is 3. The number of nitrogens with one attached hydrogen (secondary N) is 1. The Bertz CT molecular complexity index is 325. The van der Waals surface area contributed by atoms with Crippen LogP contribution in [0.5, 0.6) is 0 Å². The van der Waals surface area contributed by atoms with Gasteiger partial charge in [0, 0.05) is 18.1 Å². The van der Waals surface area contributed by atoms with Gasteiger partial charge in [-0.2, -0.15) is 0 Å². The second-order valence-electron chi connectivity index (χ2n) is 3.74.